The average molecular weight is 353 g/mol. The summed E-state index contributed by atoms with van der Waals surface area (Å²) in [5, 5.41) is 3.04. The minimum Gasteiger partial charge on any atom is -0.352 e. The summed E-state index contributed by atoms with van der Waals surface area (Å²) < 4.78 is 0.888. The van der Waals surface area contributed by atoms with Crippen LogP contribution in [-0.2, 0) is 9.59 Å². The molecule has 1 saturated carbocycles. The fourth-order valence-electron chi connectivity index (χ4n) is 2.69. The monoisotopic (exact) mass is 352 g/mol. The number of rotatable bonds is 4. The van der Waals surface area contributed by atoms with Crippen molar-refractivity contribution in [3.05, 3.63) is 28.7 Å². The Hall–Kier alpha value is -1.36. The Morgan fingerprint density at radius 3 is 2.62 bits per heavy atom. The molecule has 0 aromatic heterocycles. The van der Waals surface area contributed by atoms with Gasteiger partial charge < -0.3 is 10.2 Å². The fourth-order valence-corrected chi connectivity index (χ4v) is 3.08. The molecule has 1 aliphatic carbocycles. The minimum atomic E-state index is -0.133. The maximum absolute atomic E-state index is 12.2. The van der Waals surface area contributed by atoms with Gasteiger partial charge in [-0.2, -0.15) is 0 Å². The number of amides is 2. The molecule has 4 nitrogen and oxygen atoms in total. The molecular weight excluding hydrogens is 332 g/mol. The summed E-state index contributed by atoms with van der Waals surface area (Å²) in [5.74, 6) is -0.219. The zero-order valence-electron chi connectivity index (χ0n) is 12.3. The summed E-state index contributed by atoms with van der Waals surface area (Å²) in [6.07, 6.45) is 5.69. The van der Waals surface area contributed by atoms with Gasteiger partial charge in [-0.1, -0.05) is 41.3 Å². The van der Waals surface area contributed by atoms with Crippen molar-refractivity contribution in [2.75, 3.05) is 11.4 Å². The van der Waals surface area contributed by atoms with Crippen molar-refractivity contribution in [1.82, 2.24) is 5.32 Å². The zero-order valence-corrected chi connectivity index (χ0v) is 13.9. The summed E-state index contributed by atoms with van der Waals surface area (Å²) in [4.78, 5) is 25.5. The van der Waals surface area contributed by atoms with E-state index >= 15 is 0 Å². The summed E-state index contributed by atoms with van der Waals surface area (Å²) in [7, 11) is 0. The molecule has 1 aromatic rings. The molecule has 21 heavy (non-hydrogen) atoms. The van der Waals surface area contributed by atoms with Gasteiger partial charge in [0.2, 0.25) is 11.8 Å². The molecule has 2 rings (SSSR count). The highest BCUT2D eigenvalue weighted by molar-refractivity contribution is 9.10. The Kier molecular flexibility index (Phi) is 5.79. The van der Waals surface area contributed by atoms with Crippen molar-refractivity contribution >= 4 is 33.4 Å². The number of carbonyl (C=O) groups excluding carboxylic acids is 2. The Morgan fingerprint density at radius 1 is 1.29 bits per heavy atom. The lowest BCUT2D eigenvalue weighted by atomic mass is 9.95. The summed E-state index contributed by atoms with van der Waals surface area (Å²) in [6.45, 7) is 1.55. The molecule has 1 aromatic carbocycles. The van der Waals surface area contributed by atoms with Crippen LogP contribution in [0.5, 0.6) is 0 Å². The normalized spacial score (nSPS) is 15.5. The predicted octanol–water partition coefficient (Wildman–Crippen LogP) is 3.25. The van der Waals surface area contributed by atoms with Gasteiger partial charge in [-0.05, 0) is 31.0 Å². The predicted molar refractivity (Wildman–Crippen MR) is 87.2 cm³/mol. The van der Waals surface area contributed by atoms with Gasteiger partial charge in [-0.25, -0.2) is 0 Å². The van der Waals surface area contributed by atoms with Crippen LogP contribution in [0.4, 0.5) is 5.69 Å². The van der Waals surface area contributed by atoms with E-state index in [0.29, 0.717) is 0 Å². The van der Waals surface area contributed by atoms with Crippen molar-refractivity contribution < 1.29 is 9.59 Å². The van der Waals surface area contributed by atoms with Crippen molar-refractivity contribution in [1.29, 1.82) is 0 Å². The molecule has 0 aliphatic heterocycles. The molecule has 0 saturated heterocycles. The third-order valence-corrected chi connectivity index (χ3v) is 4.27. The number of halogens is 1. The van der Waals surface area contributed by atoms with Gasteiger partial charge >= 0.3 is 0 Å². The number of nitrogens with one attached hydrogen (secondary N) is 1. The van der Waals surface area contributed by atoms with E-state index in [0.717, 1.165) is 23.0 Å². The highest BCUT2D eigenvalue weighted by atomic mass is 79.9. The van der Waals surface area contributed by atoms with Crippen LogP contribution in [0.3, 0.4) is 0 Å². The fraction of sp³-hybridized carbons (Fsp3) is 0.500. The molecule has 5 heteroatoms. The van der Waals surface area contributed by atoms with E-state index in [1.807, 2.05) is 24.3 Å². The first kappa shape index (κ1) is 16.0. The van der Waals surface area contributed by atoms with E-state index in [1.165, 1.54) is 31.1 Å². The quantitative estimate of drug-likeness (QED) is 0.903. The van der Waals surface area contributed by atoms with E-state index in [9.17, 15) is 9.59 Å². The lowest BCUT2D eigenvalue weighted by Gasteiger charge is -2.25. The first-order valence-electron chi connectivity index (χ1n) is 7.39. The van der Waals surface area contributed by atoms with Crippen LogP contribution < -0.4 is 10.2 Å². The second-order valence-corrected chi connectivity index (χ2v) is 6.40. The third-order valence-electron chi connectivity index (χ3n) is 3.77. The van der Waals surface area contributed by atoms with Crippen LogP contribution in [0.1, 0.15) is 39.0 Å². The van der Waals surface area contributed by atoms with E-state index in [-0.39, 0.29) is 24.4 Å². The van der Waals surface area contributed by atoms with Crippen LogP contribution >= 0.6 is 15.9 Å². The number of anilines is 1. The van der Waals surface area contributed by atoms with Gasteiger partial charge in [0.1, 0.15) is 6.54 Å². The minimum absolute atomic E-state index is 0.0717. The van der Waals surface area contributed by atoms with Crippen molar-refractivity contribution in [2.24, 2.45) is 0 Å². The van der Waals surface area contributed by atoms with E-state index in [1.54, 1.807) is 0 Å². The lowest BCUT2D eigenvalue weighted by molar-refractivity contribution is -0.123. The van der Waals surface area contributed by atoms with E-state index < -0.39 is 0 Å². The summed E-state index contributed by atoms with van der Waals surface area (Å²) in [6, 6.07) is 7.69. The second-order valence-electron chi connectivity index (χ2n) is 5.49. The van der Waals surface area contributed by atoms with Crippen molar-refractivity contribution in [2.45, 2.75) is 45.1 Å². The number of hydrogen-bond donors (Lipinski definition) is 1. The Bertz CT molecular complexity index is 513. The molecule has 1 N–H and O–H groups in total. The molecule has 1 fully saturated rings. The Balaban J connectivity index is 1.99. The standard InChI is InChI=1S/C16H21BrN2O2/c1-12(20)19(15-9-5-6-13(17)10-15)11-16(21)18-14-7-3-2-4-8-14/h5-6,9-10,14H,2-4,7-8,11H2,1H3,(H,18,21). The highest BCUT2D eigenvalue weighted by Crippen LogP contribution is 2.20. The van der Waals surface area contributed by atoms with Crippen molar-refractivity contribution in [3.8, 4) is 0 Å². The second kappa shape index (κ2) is 7.59. The number of carbonyl (C=O) groups is 2. The van der Waals surface area contributed by atoms with E-state index in [2.05, 4.69) is 21.2 Å². The van der Waals surface area contributed by atoms with Crippen LogP contribution in [0.2, 0.25) is 0 Å². The molecule has 0 spiro atoms. The van der Waals surface area contributed by atoms with Gasteiger partial charge in [0.05, 0.1) is 0 Å². The van der Waals surface area contributed by atoms with Crippen LogP contribution in [0, 0.1) is 0 Å². The first-order chi connectivity index (χ1) is 10.1. The molecule has 1 aliphatic rings. The first-order valence-corrected chi connectivity index (χ1v) is 8.18. The van der Waals surface area contributed by atoms with Gasteiger partial charge in [0, 0.05) is 23.1 Å². The van der Waals surface area contributed by atoms with Gasteiger partial charge in [-0.15, -0.1) is 0 Å². The van der Waals surface area contributed by atoms with Gasteiger partial charge in [0.15, 0.2) is 0 Å². The summed E-state index contributed by atoms with van der Waals surface area (Å²) in [5.41, 5.74) is 0.732. The van der Waals surface area contributed by atoms with Crippen LogP contribution in [-0.4, -0.2) is 24.4 Å². The number of hydrogen-bond acceptors (Lipinski definition) is 2. The van der Waals surface area contributed by atoms with E-state index in [4.69, 9.17) is 0 Å². The largest absolute Gasteiger partial charge is 0.352 e. The maximum Gasteiger partial charge on any atom is 0.240 e. The molecule has 114 valence electrons. The number of benzene rings is 1. The maximum atomic E-state index is 12.2. The number of nitrogens with zero attached hydrogens (tertiary/aromatic N) is 1. The van der Waals surface area contributed by atoms with Gasteiger partial charge in [0.25, 0.3) is 0 Å². The third kappa shape index (κ3) is 4.84. The average Bonchev–Trinajstić information content (AvgIpc) is 2.45. The molecule has 0 atom stereocenters. The molecule has 0 heterocycles. The van der Waals surface area contributed by atoms with Gasteiger partial charge in [-0.3, -0.25) is 9.59 Å². The van der Waals surface area contributed by atoms with Crippen LogP contribution in [0.25, 0.3) is 0 Å². The zero-order chi connectivity index (χ0) is 15.2. The Labute approximate surface area is 134 Å². The highest BCUT2D eigenvalue weighted by Gasteiger charge is 2.19. The lowest BCUT2D eigenvalue weighted by Crippen LogP contribution is -2.44. The molecule has 0 bridgehead atoms. The SMILES string of the molecule is CC(=O)N(CC(=O)NC1CCCCC1)c1cccc(Br)c1. The molecule has 2 amide bonds. The van der Waals surface area contributed by atoms with Crippen molar-refractivity contribution in [3.63, 3.8) is 0 Å². The molecule has 0 unspecified atom stereocenters. The smallest absolute Gasteiger partial charge is 0.240 e. The Morgan fingerprint density at radius 2 is 2.00 bits per heavy atom. The van der Waals surface area contributed by atoms with Crippen LogP contribution in [0.15, 0.2) is 28.7 Å². The molecule has 0 radical (unpaired) electrons. The summed E-state index contributed by atoms with van der Waals surface area (Å²) >= 11 is 3.39. The molecular formula is C16H21BrN2O2. The topological polar surface area (TPSA) is 49.4 Å².